The van der Waals surface area contributed by atoms with E-state index in [9.17, 15) is 9.59 Å². The Labute approximate surface area is 118 Å². The molecule has 108 valence electrons. The Bertz CT molecular complexity index is 502. The lowest BCUT2D eigenvalue weighted by Crippen LogP contribution is -2.36. The number of aryl methyl sites for hydroxylation is 1. The third-order valence-electron chi connectivity index (χ3n) is 3.77. The molecule has 20 heavy (non-hydrogen) atoms. The minimum absolute atomic E-state index is 0.0250. The molecule has 1 heterocycles. The lowest BCUT2D eigenvalue weighted by molar-refractivity contribution is -0.139. The number of carbonyl (C=O) groups excluding carboxylic acids is 1. The molecular formula is C15H20N2O3. The van der Waals surface area contributed by atoms with Gasteiger partial charge in [-0.1, -0.05) is 18.2 Å². The molecule has 1 fully saturated rings. The van der Waals surface area contributed by atoms with Gasteiger partial charge in [0.15, 0.2) is 0 Å². The van der Waals surface area contributed by atoms with E-state index < -0.39 is 5.97 Å². The first-order valence-electron chi connectivity index (χ1n) is 6.92. The van der Waals surface area contributed by atoms with Crippen LogP contribution in [0.5, 0.6) is 0 Å². The number of anilines is 1. The van der Waals surface area contributed by atoms with E-state index in [1.807, 2.05) is 24.3 Å². The van der Waals surface area contributed by atoms with Gasteiger partial charge in [0.2, 0.25) is 5.91 Å². The van der Waals surface area contributed by atoms with E-state index >= 15 is 0 Å². The lowest BCUT2D eigenvalue weighted by Gasteiger charge is -2.23. The van der Waals surface area contributed by atoms with Crippen molar-refractivity contribution in [3.05, 3.63) is 29.8 Å². The SMILES string of the molecule is Nc1ccccc1CCC(=O)N1CCCC1CC(=O)O. The maximum absolute atomic E-state index is 12.2. The number of nitrogens with zero attached hydrogens (tertiary/aromatic N) is 1. The highest BCUT2D eigenvalue weighted by atomic mass is 16.4. The van der Waals surface area contributed by atoms with Gasteiger partial charge in [0.05, 0.1) is 6.42 Å². The van der Waals surface area contributed by atoms with Gasteiger partial charge in [-0.2, -0.15) is 0 Å². The Kier molecular flexibility index (Phi) is 4.61. The zero-order valence-electron chi connectivity index (χ0n) is 11.4. The van der Waals surface area contributed by atoms with Crippen LogP contribution in [-0.2, 0) is 16.0 Å². The summed E-state index contributed by atoms with van der Waals surface area (Å²) in [7, 11) is 0. The maximum Gasteiger partial charge on any atom is 0.305 e. The molecule has 5 nitrogen and oxygen atoms in total. The summed E-state index contributed by atoms with van der Waals surface area (Å²) in [5.74, 6) is -0.820. The fourth-order valence-electron chi connectivity index (χ4n) is 2.72. The molecule has 1 unspecified atom stereocenters. The normalized spacial score (nSPS) is 18.2. The van der Waals surface area contributed by atoms with Crippen LogP contribution in [0.3, 0.4) is 0 Å². The lowest BCUT2D eigenvalue weighted by atomic mass is 10.1. The second-order valence-electron chi connectivity index (χ2n) is 5.18. The van der Waals surface area contributed by atoms with Crippen molar-refractivity contribution in [2.75, 3.05) is 12.3 Å². The van der Waals surface area contributed by atoms with Crippen LogP contribution in [0.2, 0.25) is 0 Å². The smallest absolute Gasteiger partial charge is 0.305 e. The van der Waals surface area contributed by atoms with Gasteiger partial charge in [0.25, 0.3) is 0 Å². The van der Waals surface area contributed by atoms with E-state index in [1.54, 1.807) is 4.90 Å². The molecule has 5 heteroatoms. The Morgan fingerprint density at radius 2 is 2.10 bits per heavy atom. The molecule has 0 radical (unpaired) electrons. The van der Waals surface area contributed by atoms with Crippen molar-refractivity contribution in [3.63, 3.8) is 0 Å². The number of nitrogen functional groups attached to an aromatic ring is 1. The first-order chi connectivity index (χ1) is 9.58. The van der Waals surface area contributed by atoms with Crippen LogP contribution in [0.4, 0.5) is 5.69 Å². The third kappa shape index (κ3) is 3.50. The molecule has 1 aromatic carbocycles. The fourth-order valence-corrected chi connectivity index (χ4v) is 2.72. The van der Waals surface area contributed by atoms with Crippen LogP contribution >= 0.6 is 0 Å². The number of nitrogens with two attached hydrogens (primary N) is 1. The largest absolute Gasteiger partial charge is 0.481 e. The highest BCUT2D eigenvalue weighted by Crippen LogP contribution is 2.22. The summed E-state index contributed by atoms with van der Waals surface area (Å²) >= 11 is 0. The Hall–Kier alpha value is -2.04. The summed E-state index contributed by atoms with van der Waals surface area (Å²) in [4.78, 5) is 24.7. The zero-order chi connectivity index (χ0) is 14.5. The van der Waals surface area contributed by atoms with E-state index in [0.29, 0.717) is 25.1 Å². The van der Waals surface area contributed by atoms with Crippen LogP contribution in [0.25, 0.3) is 0 Å². The number of benzene rings is 1. The van der Waals surface area contributed by atoms with Gasteiger partial charge in [-0.3, -0.25) is 9.59 Å². The Morgan fingerprint density at radius 1 is 1.35 bits per heavy atom. The van der Waals surface area contributed by atoms with E-state index in [-0.39, 0.29) is 18.4 Å². The summed E-state index contributed by atoms with van der Waals surface area (Å²) in [5, 5.41) is 8.86. The molecule has 1 aromatic rings. The summed E-state index contributed by atoms with van der Waals surface area (Å²) in [6.45, 7) is 0.668. The quantitative estimate of drug-likeness (QED) is 0.801. The zero-order valence-corrected chi connectivity index (χ0v) is 11.4. The molecule has 1 saturated heterocycles. The summed E-state index contributed by atoms with van der Waals surface area (Å²) in [5.41, 5.74) is 7.52. The van der Waals surface area contributed by atoms with Crippen LogP contribution in [0.1, 0.15) is 31.2 Å². The maximum atomic E-state index is 12.2. The average molecular weight is 276 g/mol. The Balaban J connectivity index is 1.91. The van der Waals surface area contributed by atoms with E-state index in [2.05, 4.69) is 0 Å². The van der Waals surface area contributed by atoms with Gasteiger partial charge in [-0.15, -0.1) is 0 Å². The van der Waals surface area contributed by atoms with Gasteiger partial charge in [0.1, 0.15) is 0 Å². The van der Waals surface area contributed by atoms with Crippen molar-refractivity contribution in [2.24, 2.45) is 0 Å². The predicted octanol–water partition coefficient (Wildman–Crippen LogP) is 1.67. The number of carbonyl (C=O) groups is 2. The highest BCUT2D eigenvalue weighted by Gasteiger charge is 2.29. The molecule has 0 saturated carbocycles. The van der Waals surface area contributed by atoms with Crippen LogP contribution in [0, 0.1) is 0 Å². The number of hydrogen-bond acceptors (Lipinski definition) is 3. The third-order valence-corrected chi connectivity index (χ3v) is 3.77. The predicted molar refractivity (Wildman–Crippen MR) is 76.2 cm³/mol. The Morgan fingerprint density at radius 3 is 2.80 bits per heavy atom. The molecule has 3 N–H and O–H groups in total. The standard InChI is InChI=1S/C15H20N2O3/c16-13-6-2-1-4-11(13)7-8-14(18)17-9-3-5-12(17)10-15(19)20/h1-2,4,6,12H,3,5,7-10,16H2,(H,19,20). The van der Waals surface area contributed by atoms with Crippen LogP contribution in [-0.4, -0.2) is 34.5 Å². The highest BCUT2D eigenvalue weighted by molar-refractivity contribution is 5.78. The molecule has 2 rings (SSSR count). The molecule has 1 atom stereocenters. The van der Waals surface area contributed by atoms with Gasteiger partial charge in [-0.05, 0) is 30.9 Å². The molecule has 1 aliphatic rings. The van der Waals surface area contributed by atoms with Crippen molar-refractivity contribution < 1.29 is 14.7 Å². The minimum Gasteiger partial charge on any atom is -0.481 e. The van der Waals surface area contributed by atoms with Crippen molar-refractivity contribution in [1.29, 1.82) is 0 Å². The monoisotopic (exact) mass is 276 g/mol. The van der Waals surface area contributed by atoms with Crippen molar-refractivity contribution in [2.45, 2.75) is 38.1 Å². The number of carboxylic acids is 1. The molecule has 0 bridgehead atoms. The number of carboxylic acid groups (broad SMARTS) is 1. The average Bonchev–Trinajstić information content (AvgIpc) is 2.85. The van der Waals surface area contributed by atoms with Crippen molar-refractivity contribution in [3.8, 4) is 0 Å². The number of aliphatic carboxylic acids is 1. The topological polar surface area (TPSA) is 83.6 Å². The van der Waals surface area contributed by atoms with Gasteiger partial charge < -0.3 is 15.7 Å². The second kappa shape index (κ2) is 6.41. The van der Waals surface area contributed by atoms with Crippen molar-refractivity contribution >= 4 is 17.6 Å². The van der Waals surface area contributed by atoms with Gasteiger partial charge in [-0.25, -0.2) is 0 Å². The van der Waals surface area contributed by atoms with Crippen LogP contribution in [0.15, 0.2) is 24.3 Å². The number of amides is 1. The van der Waals surface area contributed by atoms with Gasteiger partial charge in [0, 0.05) is 24.7 Å². The molecule has 1 aliphatic heterocycles. The molecule has 0 aromatic heterocycles. The first kappa shape index (κ1) is 14.4. The second-order valence-corrected chi connectivity index (χ2v) is 5.18. The number of hydrogen-bond donors (Lipinski definition) is 2. The summed E-state index contributed by atoms with van der Waals surface area (Å²) < 4.78 is 0. The minimum atomic E-state index is -0.845. The van der Waals surface area contributed by atoms with E-state index in [4.69, 9.17) is 10.8 Å². The van der Waals surface area contributed by atoms with E-state index in [1.165, 1.54) is 0 Å². The number of para-hydroxylation sites is 1. The summed E-state index contributed by atoms with van der Waals surface area (Å²) in [6, 6.07) is 7.36. The molecular weight excluding hydrogens is 256 g/mol. The summed E-state index contributed by atoms with van der Waals surface area (Å²) in [6.07, 6.45) is 2.69. The van der Waals surface area contributed by atoms with E-state index in [0.717, 1.165) is 18.4 Å². The fraction of sp³-hybridized carbons (Fsp3) is 0.467. The molecule has 0 spiro atoms. The molecule has 1 amide bonds. The van der Waals surface area contributed by atoms with Gasteiger partial charge >= 0.3 is 5.97 Å². The number of rotatable bonds is 5. The number of likely N-dealkylation sites (tertiary alicyclic amines) is 1. The van der Waals surface area contributed by atoms with Crippen molar-refractivity contribution in [1.82, 2.24) is 4.90 Å². The van der Waals surface area contributed by atoms with Crippen LogP contribution < -0.4 is 5.73 Å². The first-order valence-corrected chi connectivity index (χ1v) is 6.92. The molecule has 0 aliphatic carbocycles.